The summed E-state index contributed by atoms with van der Waals surface area (Å²) in [5, 5.41) is 10.9. The third-order valence-electron chi connectivity index (χ3n) is 7.57. The van der Waals surface area contributed by atoms with Crippen LogP contribution in [0.2, 0.25) is 0 Å². The third-order valence-corrected chi connectivity index (χ3v) is 8.64. The van der Waals surface area contributed by atoms with Gasteiger partial charge in [0.25, 0.3) is 0 Å². The number of aryl methyl sites for hydroxylation is 1. The zero-order valence-corrected chi connectivity index (χ0v) is 21.2. The topological polar surface area (TPSA) is 42.6 Å². The highest BCUT2D eigenvalue weighted by Gasteiger charge is 2.42. The lowest BCUT2D eigenvalue weighted by atomic mass is 9.86. The molecule has 4 aliphatic heterocycles. The van der Waals surface area contributed by atoms with E-state index in [1.54, 1.807) is 0 Å². The second kappa shape index (κ2) is 9.69. The Morgan fingerprint density at radius 1 is 0.939 bits per heavy atom. The summed E-state index contributed by atoms with van der Waals surface area (Å²) in [6, 6.07) is 11.8. The summed E-state index contributed by atoms with van der Waals surface area (Å²) >= 11 is 1.93. The minimum Gasteiger partial charge on any atom is -0.373 e. The van der Waals surface area contributed by atoms with E-state index in [-0.39, 0.29) is 6.04 Å². The molecule has 6 rings (SSSR count). The van der Waals surface area contributed by atoms with Crippen molar-refractivity contribution >= 4 is 28.4 Å². The van der Waals surface area contributed by atoms with Crippen molar-refractivity contribution in [1.82, 2.24) is 15.5 Å². The average Bonchev–Trinajstić information content (AvgIpc) is 3.60. The summed E-state index contributed by atoms with van der Waals surface area (Å²) in [6.45, 7) is 15.3. The zero-order valence-electron chi connectivity index (χ0n) is 20.4. The molecule has 3 fully saturated rings. The first kappa shape index (κ1) is 22.8. The fraction of sp³-hybridized carbons (Fsp3) is 0.556. The monoisotopic (exact) mass is 465 g/mol. The van der Waals surface area contributed by atoms with Gasteiger partial charge in [0.1, 0.15) is 0 Å². The van der Waals surface area contributed by atoms with Crippen molar-refractivity contribution in [3.63, 3.8) is 0 Å². The maximum absolute atomic E-state index is 3.82. The van der Waals surface area contributed by atoms with Crippen molar-refractivity contribution in [2.24, 2.45) is 5.41 Å². The maximum atomic E-state index is 3.82. The van der Waals surface area contributed by atoms with E-state index in [1.807, 2.05) is 25.2 Å². The Hall–Kier alpha value is -2.02. The first-order chi connectivity index (χ1) is 16.2. The van der Waals surface area contributed by atoms with Gasteiger partial charge in [-0.3, -0.25) is 0 Å². The van der Waals surface area contributed by atoms with Crippen LogP contribution >= 0.6 is 11.3 Å². The fourth-order valence-electron chi connectivity index (χ4n) is 5.78. The van der Waals surface area contributed by atoms with E-state index in [0.29, 0.717) is 5.41 Å². The molecule has 0 aliphatic carbocycles. The molecule has 1 aromatic heterocycles. The number of nitrogens with one attached hydrogen (secondary N) is 3. The first-order valence-electron chi connectivity index (χ1n) is 12.8. The van der Waals surface area contributed by atoms with Crippen LogP contribution in [0.25, 0.3) is 5.70 Å². The number of fused-ring (bicyclic) bond motifs is 1. The van der Waals surface area contributed by atoms with Gasteiger partial charge >= 0.3 is 0 Å². The Balaban J connectivity index is 0.00000111. The molecule has 6 heteroatoms. The highest BCUT2D eigenvalue weighted by molar-refractivity contribution is 7.13. The van der Waals surface area contributed by atoms with Crippen LogP contribution in [0.5, 0.6) is 0 Å². The molecule has 178 valence electrons. The first-order valence-corrected chi connectivity index (χ1v) is 13.6. The molecule has 33 heavy (non-hydrogen) atoms. The molecular formula is C27H39N5S. The number of anilines is 2. The van der Waals surface area contributed by atoms with Crippen LogP contribution in [-0.2, 0) is 0 Å². The molecule has 0 saturated carbocycles. The van der Waals surface area contributed by atoms with Crippen LogP contribution in [0.15, 0.2) is 36.4 Å². The summed E-state index contributed by atoms with van der Waals surface area (Å²) in [7, 11) is 0. The quantitative estimate of drug-likeness (QED) is 0.614. The predicted octanol–water partition coefficient (Wildman–Crippen LogP) is 4.69. The Kier molecular flexibility index (Phi) is 6.68. The molecule has 0 bridgehead atoms. The normalized spacial score (nSPS) is 26.5. The van der Waals surface area contributed by atoms with Gasteiger partial charge in [0.15, 0.2) is 0 Å². The van der Waals surface area contributed by atoms with Gasteiger partial charge in [0.2, 0.25) is 0 Å². The Labute approximate surface area is 203 Å². The van der Waals surface area contributed by atoms with E-state index >= 15 is 0 Å². The lowest BCUT2D eigenvalue weighted by Gasteiger charge is -2.32. The van der Waals surface area contributed by atoms with Crippen molar-refractivity contribution in [2.75, 3.05) is 62.6 Å². The zero-order chi connectivity index (χ0) is 22.8. The highest BCUT2D eigenvalue weighted by Crippen LogP contribution is 2.46. The van der Waals surface area contributed by atoms with Crippen molar-refractivity contribution in [3.05, 3.63) is 51.7 Å². The van der Waals surface area contributed by atoms with Crippen LogP contribution < -0.4 is 20.9 Å². The lowest BCUT2D eigenvalue weighted by molar-refractivity contribution is 0.331. The average molecular weight is 466 g/mol. The van der Waals surface area contributed by atoms with Crippen LogP contribution in [0.3, 0.4) is 0 Å². The summed E-state index contributed by atoms with van der Waals surface area (Å²) in [5.74, 6) is 0. The summed E-state index contributed by atoms with van der Waals surface area (Å²) in [5.41, 5.74) is 5.93. The molecular weight excluding hydrogens is 426 g/mol. The number of hydrogen-bond acceptors (Lipinski definition) is 6. The molecule has 0 amide bonds. The number of hydrogen-bond donors (Lipinski definition) is 3. The molecule has 3 N–H and O–H groups in total. The van der Waals surface area contributed by atoms with E-state index in [0.717, 1.165) is 26.2 Å². The smallest absolute Gasteiger partial charge is 0.0736 e. The molecule has 2 aromatic rings. The minimum absolute atomic E-state index is 0.229. The molecule has 3 saturated heterocycles. The Morgan fingerprint density at radius 2 is 1.73 bits per heavy atom. The number of thiophene rings is 1. The number of rotatable bonds is 3. The fourth-order valence-corrected chi connectivity index (χ4v) is 6.81. The van der Waals surface area contributed by atoms with Gasteiger partial charge in [0, 0.05) is 61.8 Å². The lowest BCUT2D eigenvalue weighted by Crippen LogP contribution is -2.43. The molecule has 5 nitrogen and oxygen atoms in total. The number of likely N-dealkylation sites (tertiary alicyclic amines) is 1. The second-order valence-electron chi connectivity index (χ2n) is 9.70. The maximum Gasteiger partial charge on any atom is 0.0736 e. The van der Waals surface area contributed by atoms with Gasteiger partial charge in [-0.2, -0.15) is 0 Å². The molecule has 1 spiro atoms. The molecule has 1 aromatic carbocycles. The minimum atomic E-state index is 0.229. The summed E-state index contributed by atoms with van der Waals surface area (Å²) in [4.78, 5) is 7.96. The Bertz CT molecular complexity index is 967. The van der Waals surface area contributed by atoms with E-state index < -0.39 is 0 Å². The number of piperazine rings is 1. The standard InChI is InChI=1S/C25H33N5S.C2H6/c1-18-14-22-24(31-18)23(30-11-7-25(17-30)6-8-27-16-25)15-21(28-22)19-2-4-20(5-3-19)29-12-9-26-10-13-29;1-2/h2-5,14-15,21,26-28H,6-13,16-17H2,1H3;1-2H3. The van der Waals surface area contributed by atoms with Crippen LogP contribution in [0.1, 0.15) is 48.0 Å². The van der Waals surface area contributed by atoms with E-state index in [9.17, 15) is 0 Å². The van der Waals surface area contributed by atoms with Gasteiger partial charge in [-0.15, -0.1) is 11.3 Å². The van der Waals surface area contributed by atoms with Crippen molar-refractivity contribution < 1.29 is 0 Å². The van der Waals surface area contributed by atoms with Gasteiger partial charge in [-0.05, 0) is 56.1 Å². The van der Waals surface area contributed by atoms with Gasteiger partial charge < -0.3 is 25.8 Å². The van der Waals surface area contributed by atoms with Crippen LogP contribution in [-0.4, -0.2) is 57.3 Å². The molecule has 2 unspecified atom stereocenters. The summed E-state index contributed by atoms with van der Waals surface area (Å²) in [6.07, 6.45) is 5.12. The van der Waals surface area contributed by atoms with Crippen molar-refractivity contribution in [1.29, 1.82) is 0 Å². The van der Waals surface area contributed by atoms with E-state index in [1.165, 1.54) is 71.4 Å². The van der Waals surface area contributed by atoms with E-state index in [4.69, 9.17) is 0 Å². The van der Waals surface area contributed by atoms with Gasteiger partial charge in [0.05, 0.1) is 22.3 Å². The second-order valence-corrected chi connectivity index (χ2v) is 11.0. The highest BCUT2D eigenvalue weighted by atomic mass is 32.1. The van der Waals surface area contributed by atoms with Crippen molar-refractivity contribution in [2.45, 2.75) is 39.7 Å². The Morgan fingerprint density at radius 3 is 2.45 bits per heavy atom. The third kappa shape index (κ3) is 4.53. The number of nitrogens with zero attached hydrogens (tertiary/aromatic N) is 2. The van der Waals surface area contributed by atoms with Gasteiger partial charge in [-0.25, -0.2) is 0 Å². The van der Waals surface area contributed by atoms with Crippen LogP contribution in [0.4, 0.5) is 11.4 Å². The molecule has 0 radical (unpaired) electrons. The van der Waals surface area contributed by atoms with Gasteiger partial charge in [-0.1, -0.05) is 26.0 Å². The van der Waals surface area contributed by atoms with E-state index in [2.05, 4.69) is 69.1 Å². The SMILES string of the molecule is CC.Cc1cc2c(s1)C(N1CCC3(CCNC3)C1)=CC(c1ccc(N3CCNCC3)cc1)N2. The van der Waals surface area contributed by atoms with Crippen molar-refractivity contribution in [3.8, 4) is 0 Å². The number of benzene rings is 1. The predicted molar refractivity (Wildman–Crippen MR) is 142 cm³/mol. The molecule has 4 aliphatic rings. The largest absolute Gasteiger partial charge is 0.373 e. The molecule has 5 heterocycles. The summed E-state index contributed by atoms with van der Waals surface area (Å²) < 4.78 is 0. The van der Waals surface area contributed by atoms with Crippen LogP contribution in [0, 0.1) is 12.3 Å². The molecule has 2 atom stereocenters.